The summed E-state index contributed by atoms with van der Waals surface area (Å²) in [5.74, 6) is -0.0558. The quantitative estimate of drug-likeness (QED) is 0.786. The molecule has 2 atom stereocenters. The third kappa shape index (κ3) is 3.65. The fourth-order valence-corrected chi connectivity index (χ4v) is 3.44. The van der Waals surface area contributed by atoms with E-state index < -0.39 is 0 Å². The van der Waals surface area contributed by atoms with Crippen LogP contribution in [0.3, 0.4) is 0 Å². The average molecular weight is 301 g/mol. The molecular weight excluding hydrogens is 278 g/mol. The minimum absolute atomic E-state index is 0.00243. The van der Waals surface area contributed by atoms with Crippen molar-refractivity contribution >= 4 is 11.8 Å². The molecule has 2 heterocycles. The van der Waals surface area contributed by atoms with E-state index in [2.05, 4.69) is 16.0 Å². The Bertz CT molecular complexity index is 544. The van der Waals surface area contributed by atoms with Crippen LogP contribution in [0.5, 0.6) is 0 Å². The summed E-state index contributed by atoms with van der Waals surface area (Å²) in [4.78, 5) is 23.2. The van der Waals surface area contributed by atoms with Crippen molar-refractivity contribution in [1.82, 2.24) is 16.0 Å². The first-order valence-corrected chi connectivity index (χ1v) is 8.00. The summed E-state index contributed by atoms with van der Waals surface area (Å²) >= 11 is 0. The second-order valence-electron chi connectivity index (χ2n) is 6.39. The number of rotatable bonds is 4. The van der Waals surface area contributed by atoms with E-state index in [0.717, 1.165) is 18.4 Å². The monoisotopic (exact) mass is 301 g/mol. The van der Waals surface area contributed by atoms with Gasteiger partial charge in [-0.1, -0.05) is 12.1 Å². The molecule has 2 fully saturated rings. The van der Waals surface area contributed by atoms with Crippen molar-refractivity contribution in [2.45, 2.75) is 57.3 Å². The van der Waals surface area contributed by atoms with Crippen LogP contribution < -0.4 is 16.0 Å². The lowest BCUT2D eigenvalue weighted by Crippen LogP contribution is -2.48. The van der Waals surface area contributed by atoms with Crippen LogP contribution in [0.4, 0.5) is 0 Å². The summed E-state index contributed by atoms with van der Waals surface area (Å²) in [7, 11) is 0. The summed E-state index contributed by atoms with van der Waals surface area (Å²) in [5.41, 5.74) is 1.67. The molecule has 118 valence electrons. The number of carbonyl (C=O) groups is 2. The second kappa shape index (κ2) is 6.48. The van der Waals surface area contributed by atoms with Crippen LogP contribution in [0.1, 0.15) is 48.5 Å². The first kappa shape index (κ1) is 15.0. The molecule has 1 aromatic rings. The highest BCUT2D eigenvalue weighted by atomic mass is 16.2. The Kier molecular flexibility index (Phi) is 4.43. The maximum absolute atomic E-state index is 12.3. The summed E-state index contributed by atoms with van der Waals surface area (Å²) in [5, 5.41) is 9.48. The molecule has 1 aromatic carbocycles. The molecule has 2 bridgehead atoms. The van der Waals surface area contributed by atoms with Crippen LogP contribution in [-0.2, 0) is 11.3 Å². The highest BCUT2D eigenvalue weighted by Crippen LogP contribution is 2.26. The van der Waals surface area contributed by atoms with Crippen molar-refractivity contribution in [3.63, 3.8) is 0 Å². The Morgan fingerprint density at radius 1 is 1.14 bits per heavy atom. The van der Waals surface area contributed by atoms with E-state index in [1.165, 1.54) is 19.8 Å². The van der Waals surface area contributed by atoms with E-state index in [1.807, 2.05) is 24.3 Å². The maximum Gasteiger partial charge on any atom is 0.251 e. The molecule has 0 spiro atoms. The summed E-state index contributed by atoms with van der Waals surface area (Å²) < 4.78 is 0. The Balaban J connectivity index is 1.54. The third-order valence-corrected chi connectivity index (χ3v) is 4.57. The van der Waals surface area contributed by atoms with Gasteiger partial charge in [-0.05, 0) is 43.4 Å². The number of amides is 2. The number of benzene rings is 1. The molecule has 0 radical (unpaired) electrons. The van der Waals surface area contributed by atoms with Crippen molar-refractivity contribution in [2.75, 3.05) is 0 Å². The Morgan fingerprint density at radius 3 is 2.36 bits per heavy atom. The molecule has 2 saturated heterocycles. The van der Waals surface area contributed by atoms with Gasteiger partial charge >= 0.3 is 0 Å². The Hall–Kier alpha value is -1.88. The van der Waals surface area contributed by atoms with Crippen LogP contribution in [0.15, 0.2) is 24.3 Å². The van der Waals surface area contributed by atoms with Crippen molar-refractivity contribution in [1.29, 1.82) is 0 Å². The van der Waals surface area contributed by atoms with Gasteiger partial charge in [-0.25, -0.2) is 0 Å². The van der Waals surface area contributed by atoms with E-state index >= 15 is 0 Å². The molecule has 2 aliphatic rings. The summed E-state index contributed by atoms with van der Waals surface area (Å²) in [6.45, 7) is 1.99. The van der Waals surface area contributed by atoms with Gasteiger partial charge in [0.15, 0.2) is 0 Å². The normalized spacial score (nSPS) is 26.5. The molecule has 3 rings (SSSR count). The van der Waals surface area contributed by atoms with Crippen molar-refractivity contribution in [3.8, 4) is 0 Å². The molecule has 5 heteroatoms. The van der Waals surface area contributed by atoms with Crippen LogP contribution in [0, 0.1) is 0 Å². The third-order valence-electron chi connectivity index (χ3n) is 4.57. The van der Waals surface area contributed by atoms with E-state index in [1.54, 1.807) is 0 Å². The molecule has 2 unspecified atom stereocenters. The maximum atomic E-state index is 12.3. The van der Waals surface area contributed by atoms with Gasteiger partial charge < -0.3 is 16.0 Å². The van der Waals surface area contributed by atoms with E-state index in [4.69, 9.17) is 0 Å². The lowest BCUT2D eigenvalue weighted by Gasteiger charge is -2.29. The number of nitrogens with one attached hydrogen (secondary N) is 3. The molecule has 0 saturated carbocycles. The van der Waals surface area contributed by atoms with Gasteiger partial charge in [-0.2, -0.15) is 0 Å². The average Bonchev–Trinajstić information content (AvgIpc) is 2.84. The summed E-state index contributed by atoms with van der Waals surface area (Å²) in [6.07, 6.45) is 4.52. The molecule has 5 nitrogen and oxygen atoms in total. The molecule has 0 aliphatic carbocycles. The van der Waals surface area contributed by atoms with Crippen LogP contribution in [-0.4, -0.2) is 29.9 Å². The van der Waals surface area contributed by atoms with E-state index in [0.29, 0.717) is 24.2 Å². The zero-order valence-electron chi connectivity index (χ0n) is 12.9. The largest absolute Gasteiger partial charge is 0.352 e. The van der Waals surface area contributed by atoms with E-state index in [9.17, 15) is 9.59 Å². The minimum Gasteiger partial charge on any atom is -0.352 e. The van der Waals surface area contributed by atoms with Crippen LogP contribution in [0.25, 0.3) is 0 Å². The number of hydrogen-bond acceptors (Lipinski definition) is 3. The fraction of sp³-hybridized carbons (Fsp3) is 0.529. The molecule has 0 aromatic heterocycles. The van der Waals surface area contributed by atoms with Gasteiger partial charge in [0.05, 0.1) is 0 Å². The highest BCUT2D eigenvalue weighted by Gasteiger charge is 2.34. The predicted molar refractivity (Wildman–Crippen MR) is 84.4 cm³/mol. The first-order chi connectivity index (χ1) is 10.6. The predicted octanol–water partition coefficient (Wildman–Crippen LogP) is 1.34. The standard InChI is InChI=1S/C17H23N3O2/c1-11(21)18-10-12-2-4-13(5-3-12)17(22)20-16-8-14-6-7-15(9-16)19-14/h2-5,14-16,19H,6-10H2,1H3,(H,18,21)(H,20,22). The Labute approximate surface area is 130 Å². The van der Waals surface area contributed by atoms with Crippen molar-refractivity contribution in [2.24, 2.45) is 0 Å². The lowest BCUT2D eigenvalue weighted by atomic mass is 9.99. The van der Waals surface area contributed by atoms with Gasteiger partial charge in [0.1, 0.15) is 0 Å². The first-order valence-electron chi connectivity index (χ1n) is 8.00. The van der Waals surface area contributed by atoms with Gasteiger partial charge in [-0.15, -0.1) is 0 Å². The topological polar surface area (TPSA) is 70.2 Å². The fourth-order valence-electron chi connectivity index (χ4n) is 3.44. The zero-order valence-corrected chi connectivity index (χ0v) is 12.9. The van der Waals surface area contributed by atoms with Crippen molar-refractivity contribution < 1.29 is 9.59 Å². The molecule has 2 amide bonds. The van der Waals surface area contributed by atoms with Crippen LogP contribution in [0.2, 0.25) is 0 Å². The number of hydrogen-bond donors (Lipinski definition) is 3. The van der Waals surface area contributed by atoms with Gasteiger partial charge in [0.25, 0.3) is 5.91 Å². The summed E-state index contributed by atoms with van der Waals surface area (Å²) in [6, 6.07) is 8.84. The highest BCUT2D eigenvalue weighted by molar-refractivity contribution is 5.94. The molecule has 3 N–H and O–H groups in total. The molecular formula is C17H23N3O2. The van der Waals surface area contributed by atoms with Crippen molar-refractivity contribution in [3.05, 3.63) is 35.4 Å². The molecule has 22 heavy (non-hydrogen) atoms. The molecule has 2 aliphatic heterocycles. The number of fused-ring (bicyclic) bond motifs is 2. The van der Waals surface area contributed by atoms with Gasteiger partial charge in [0.2, 0.25) is 5.91 Å². The van der Waals surface area contributed by atoms with Crippen LogP contribution >= 0.6 is 0 Å². The smallest absolute Gasteiger partial charge is 0.251 e. The van der Waals surface area contributed by atoms with E-state index in [-0.39, 0.29) is 17.9 Å². The van der Waals surface area contributed by atoms with Gasteiger partial charge in [-0.3, -0.25) is 9.59 Å². The SMILES string of the molecule is CC(=O)NCc1ccc(C(=O)NC2CC3CCC(C2)N3)cc1. The number of carbonyl (C=O) groups excluding carboxylic acids is 2. The zero-order chi connectivity index (χ0) is 15.5. The second-order valence-corrected chi connectivity index (χ2v) is 6.39. The van der Waals surface area contributed by atoms with Gasteiger partial charge in [0, 0.05) is 37.2 Å². The minimum atomic E-state index is -0.0534. The number of piperidine rings is 1. The Morgan fingerprint density at radius 2 is 1.77 bits per heavy atom. The lowest BCUT2D eigenvalue weighted by molar-refractivity contribution is -0.119.